The largest absolute Gasteiger partial charge is 0.494 e. The summed E-state index contributed by atoms with van der Waals surface area (Å²) in [5.74, 6) is 1.84. The number of hydrogen-bond donors (Lipinski definition) is 0. The first-order valence-electron chi connectivity index (χ1n) is 12.3. The van der Waals surface area contributed by atoms with Crippen LogP contribution in [-0.2, 0) is 14.3 Å². The summed E-state index contributed by atoms with van der Waals surface area (Å²) in [7, 11) is 0. The molecule has 5 nitrogen and oxygen atoms in total. The number of esters is 2. The van der Waals surface area contributed by atoms with Crippen molar-refractivity contribution in [1.29, 1.82) is 0 Å². The summed E-state index contributed by atoms with van der Waals surface area (Å²) in [4.78, 5) is 23.1. The van der Waals surface area contributed by atoms with Gasteiger partial charge in [0, 0.05) is 5.92 Å². The van der Waals surface area contributed by atoms with E-state index in [9.17, 15) is 9.59 Å². The fourth-order valence-corrected chi connectivity index (χ4v) is 3.45. The highest BCUT2D eigenvalue weighted by molar-refractivity contribution is 5.90. The third-order valence-electron chi connectivity index (χ3n) is 5.45. The van der Waals surface area contributed by atoms with Crippen LogP contribution in [0, 0.1) is 12.3 Å². The number of hydrogen-bond acceptors (Lipinski definition) is 5. The van der Waals surface area contributed by atoms with E-state index in [1.807, 2.05) is 42.3 Å². The number of benzene rings is 2. The molecule has 0 radical (unpaired) electrons. The van der Waals surface area contributed by atoms with Crippen LogP contribution in [0.1, 0.15) is 75.1 Å². The summed E-state index contributed by atoms with van der Waals surface area (Å²) in [5.41, 5.74) is 2.64. The molecule has 2 rings (SSSR count). The number of rotatable bonds is 16. The van der Waals surface area contributed by atoms with Crippen LogP contribution in [0.25, 0.3) is 11.1 Å². The van der Waals surface area contributed by atoms with Gasteiger partial charge in [0.25, 0.3) is 0 Å². The molecule has 0 amide bonds. The maximum absolute atomic E-state index is 12.2. The van der Waals surface area contributed by atoms with E-state index in [4.69, 9.17) is 20.6 Å². The Bertz CT molecular complexity index is 894. The smallest absolute Gasteiger partial charge is 0.384 e. The lowest BCUT2D eigenvalue weighted by atomic mass is 10.0. The standard InChI is InChI=1S/C29H36O5/c1-3-5-6-7-10-21-32-27-19-17-25(18-20-27)24-13-15-26(16-14-24)29(31)34-23-12-9-8-11-22-33-28(30)4-2/h2,13-20H,3,5-12,21-23H2,1H3. The van der Waals surface area contributed by atoms with Crippen LogP contribution in [0.15, 0.2) is 48.5 Å². The molecule has 34 heavy (non-hydrogen) atoms. The monoisotopic (exact) mass is 464 g/mol. The molecule has 0 bridgehead atoms. The van der Waals surface area contributed by atoms with Crippen LogP contribution in [-0.4, -0.2) is 31.8 Å². The molecule has 182 valence electrons. The van der Waals surface area contributed by atoms with Crippen molar-refractivity contribution in [2.24, 2.45) is 0 Å². The van der Waals surface area contributed by atoms with E-state index in [1.165, 1.54) is 25.7 Å². The zero-order valence-corrected chi connectivity index (χ0v) is 20.2. The summed E-state index contributed by atoms with van der Waals surface area (Å²) >= 11 is 0. The van der Waals surface area contributed by atoms with Crippen molar-refractivity contribution in [3.05, 3.63) is 54.1 Å². The van der Waals surface area contributed by atoms with Crippen molar-refractivity contribution in [3.8, 4) is 29.2 Å². The van der Waals surface area contributed by atoms with Gasteiger partial charge in [0.05, 0.1) is 25.4 Å². The number of carbonyl (C=O) groups excluding carboxylic acids is 2. The quantitative estimate of drug-likeness (QED) is 0.121. The molecular weight excluding hydrogens is 428 g/mol. The van der Waals surface area contributed by atoms with Crippen LogP contribution < -0.4 is 4.74 Å². The summed E-state index contributed by atoms with van der Waals surface area (Å²) in [5, 5.41) is 0. The maximum Gasteiger partial charge on any atom is 0.384 e. The van der Waals surface area contributed by atoms with Gasteiger partial charge in [-0.25, -0.2) is 9.59 Å². The molecule has 0 aliphatic heterocycles. The first kappa shape index (κ1) is 27.0. The van der Waals surface area contributed by atoms with Gasteiger partial charge in [-0.2, -0.15) is 0 Å². The molecule has 0 aliphatic rings. The first-order valence-corrected chi connectivity index (χ1v) is 12.3. The van der Waals surface area contributed by atoms with Crippen LogP contribution >= 0.6 is 0 Å². The topological polar surface area (TPSA) is 61.8 Å². The van der Waals surface area contributed by atoms with Gasteiger partial charge in [0.15, 0.2) is 0 Å². The van der Waals surface area contributed by atoms with Crippen LogP contribution in [0.3, 0.4) is 0 Å². The fourth-order valence-electron chi connectivity index (χ4n) is 3.45. The van der Waals surface area contributed by atoms with Crippen molar-refractivity contribution in [2.45, 2.75) is 64.7 Å². The fraction of sp³-hybridized carbons (Fsp3) is 0.448. The van der Waals surface area contributed by atoms with Gasteiger partial charge in [0.1, 0.15) is 5.75 Å². The van der Waals surface area contributed by atoms with Crippen LogP contribution in [0.2, 0.25) is 0 Å². The third kappa shape index (κ3) is 10.6. The second-order valence-electron chi connectivity index (χ2n) is 8.19. The lowest BCUT2D eigenvalue weighted by Gasteiger charge is -2.08. The number of unbranched alkanes of at least 4 members (excludes halogenated alkanes) is 7. The highest BCUT2D eigenvalue weighted by Gasteiger charge is 2.08. The zero-order chi connectivity index (χ0) is 24.4. The Kier molecular flexibility index (Phi) is 13.0. The van der Waals surface area contributed by atoms with E-state index in [2.05, 4.69) is 6.92 Å². The van der Waals surface area contributed by atoms with E-state index >= 15 is 0 Å². The van der Waals surface area contributed by atoms with Crippen molar-refractivity contribution in [2.75, 3.05) is 19.8 Å². The predicted octanol–water partition coefficient (Wildman–Crippen LogP) is 6.60. The molecule has 0 unspecified atom stereocenters. The Labute approximate surface area is 203 Å². The molecule has 0 fully saturated rings. The van der Waals surface area contributed by atoms with E-state index < -0.39 is 5.97 Å². The van der Waals surface area contributed by atoms with Gasteiger partial charge in [-0.15, -0.1) is 6.42 Å². The van der Waals surface area contributed by atoms with E-state index in [0.717, 1.165) is 55.6 Å². The molecular formula is C29H36O5. The summed E-state index contributed by atoms with van der Waals surface area (Å²) in [6.45, 7) is 3.66. The number of terminal acetylenes is 1. The van der Waals surface area contributed by atoms with Gasteiger partial charge < -0.3 is 14.2 Å². The Morgan fingerprint density at radius 2 is 1.24 bits per heavy atom. The minimum absolute atomic E-state index is 0.322. The molecule has 5 heteroatoms. The molecule has 0 atom stereocenters. The molecule has 2 aromatic rings. The average molecular weight is 465 g/mol. The predicted molar refractivity (Wildman–Crippen MR) is 135 cm³/mol. The Morgan fingerprint density at radius 1 is 0.706 bits per heavy atom. The van der Waals surface area contributed by atoms with Crippen LogP contribution in [0.5, 0.6) is 5.75 Å². The summed E-state index contributed by atoms with van der Waals surface area (Å²) in [6, 6.07) is 15.5. The summed E-state index contributed by atoms with van der Waals surface area (Å²) in [6.07, 6.45) is 14.3. The van der Waals surface area contributed by atoms with Gasteiger partial charge in [-0.05, 0) is 67.5 Å². The second-order valence-corrected chi connectivity index (χ2v) is 8.19. The van der Waals surface area contributed by atoms with Crippen molar-refractivity contribution in [1.82, 2.24) is 0 Å². The van der Waals surface area contributed by atoms with Crippen molar-refractivity contribution >= 4 is 11.9 Å². The number of ether oxygens (including phenoxy) is 3. The van der Waals surface area contributed by atoms with Gasteiger partial charge in [-0.1, -0.05) is 56.9 Å². The minimum Gasteiger partial charge on any atom is -0.494 e. The van der Waals surface area contributed by atoms with E-state index in [-0.39, 0.29) is 5.97 Å². The van der Waals surface area contributed by atoms with Gasteiger partial charge >= 0.3 is 11.9 Å². The SMILES string of the molecule is C#CC(=O)OCCCCCCOC(=O)c1ccc(-c2ccc(OCCCCCCC)cc2)cc1. The lowest BCUT2D eigenvalue weighted by Crippen LogP contribution is -2.06. The molecule has 0 saturated heterocycles. The maximum atomic E-state index is 12.2. The third-order valence-corrected chi connectivity index (χ3v) is 5.45. The number of carbonyl (C=O) groups is 2. The van der Waals surface area contributed by atoms with Crippen molar-refractivity contribution in [3.63, 3.8) is 0 Å². The van der Waals surface area contributed by atoms with E-state index in [0.29, 0.717) is 18.8 Å². The molecule has 2 aromatic carbocycles. The molecule has 0 heterocycles. The lowest BCUT2D eigenvalue weighted by molar-refractivity contribution is -0.136. The average Bonchev–Trinajstić information content (AvgIpc) is 2.87. The Hall–Kier alpha value is -3.26. The second kappa shape index (κ2) is 16.4. The molecule has 0 aromatic heterocycles. The zero-order valence-electron chi connectivity index (χ0n) is 20.2. The summed E-state index contributed by atoms with van der Waals surface area (Å²) < 4.78 is 16.0. The molecule has 0 saturated carbocycles. The van der Waals surface area contributed by atoms with E-state index in [1.54, 1.807) is 12.1 Å². The van der Waals surface area contributed by atoms with Crippen molar-refractivity contribution < 1.29 is 23.8 Å². The molecule has 0 spiro atoms. The highest BCUT2D eigenvalue weighted by atomic mass is 16.5. The Balaban J connectivity index is 1.66. The molecule has 0 aliphatic carbocycles. The minimum atomic E-state index is -0.630. The normalized spacial score (nSPS) is 10.4. The van der Waals surface area contributed by atoms with Gasteiger partial charge in [-0.3, -0.25) is 0 Å². The highest BCUT2D eigenvalue weighted by Crippen LogP contribution is 2.23. The van der Waals surface area contributed by atoms with Crippen LogP contribution in [0.4, 0.5) is 0 Å². The first-order chi connectivity index (χ1) is 16.6. The Morgan fingerprint density at radius 3 is 1.82 bits per heavy atom. The molecule has 0 N–H and O–H groups in total. The van der Waals surface area contributed by atoms with Gasteiger partial charge in [0.2, 0.25) is 0 Å².